The zero-order valence-corrected chi connectivity index (χ0v) is 19.6. The van der Waals surface area contributed by atoms with Crippen molar-refractivity contribution in [3.8, 4) is 0 Å². The van der Waals surface area contributed by atoms with Gasteiger partial charge in [0.2, 0.25) is 0 Å². The number of carbonyl (C=O) groups is 2. The number of unbranched alkanes of at least 4 members (excludes halogenated alkanes) is 3. The van der Waals surface area contributed by atoms with Gasteiger partial charge >= 0.3 is 13.3 Å². The molecule has 162 valence electrons. The SMILES string of the molecule is CCCCCCC(C)C(=O)OP(=O)(C(=O)c1c(C)cc(C)cc1C)C1CCCC1. The molecule has 5 heteroatoms. The van der Waals surface area contributed by atoms with E-state index < -0.39 is 18.9 Å². The predicted molar refractivity (Wildman–Crippen MR) is 119 cm³/mol. The van der Waals surface area contributed by atoms with Crippen molar-refractivity contribution in [3.63, 3.8) is 0 Å². The van der Waals surface area contributed by atoms with Gasteiger partial charge in [0, 0.05) is 5.56 Å². The number of hydrogen-bond acceptors (Lipinski definition) is 4. The fraction of sp³-hybridized carbons (Fsp3) is 0.667. The van der Waals surface area contributed by atoms with Gasteiger partial charge < -0.3 is 4.52 Å². The molecule has 1 aliphatic rings. The largest absolute Gasteiger partial charge is 0.405 e. The highest BCUT2D eigenvalue weighted by molar-refractivity contribution is 7.78. The van der Waals surface area contributed by atoms with Gasteiger partial charge in [0.15, 0.2) is 0 Å². The molecule has 0 saturated heterocycles. The van der Waals surface area contributed by atoms with Crippen molar-refractivity contribution in [2.75, 3.05) is 0 Å². The molecule has 0 radical (unpaired) electrons. The molecule has 0 N–H and O–H groups in total. The van der Waals surface area contributed by atoms with E-state index in [9.17, 15) is 14.2 Å². The first-order valence-corrected chi connectivity index (χ1v) is 12.9. The second-order valence-corrected chi connectivity index (χ2v) is 11.3. The van der Waals surface area contributed by atoms with Gasteiger partial charge in [0.1, 0.15) is 0 Å². The maximum Gasteiger partial charge on any atom is 0.321 e. The molecule has 0 spiro atoms. The molecule has 0 aromatic heterocycles. The van der Waals surface area contributed by atoms with Crippen LogP contribution in [0.1, 0.15) is 98.7 Å². The van der Waals surface area contributed by atoms with Crippen LogP contribution in [0.5, 0.6) is 0 Å². The van der Waals surface area contributed by atoms with Crippen LogP contribution in [-0.4, -0.2) is 17.2 Å². The molecular weight excluding hydrogens is 383 g/mol. The van der Waals surface area contributed by atoms with Crippen molar-refractivity contribution in [2.45, 2.75) is 98.1 Å². The Kier molecular flexibility index (Phi) is 8.70. The van der Waals surface area contributed by atoms with Gasteiger partial charge in [-0.3, -0.25) is 14.2 Å². The third kappa shape index (κ3) is 5.81. The minimum absolute atomic E-state index is 0.338. The molecule has 4 nitrogen and oxygen atoms in total. The van der Waals surface area contributed by atoms with E-state index in [1.165, 1.54) is 0 Å². The van der Waals surface area contributed by atoms with Gasteiger partial charge in [-0.1, -0.05) is 70.1 Å². The van der Waals surface area contributed by atoms with Crippen molar-refractivity contribution in [3.05, 3.63) is 34.4 Å². The highest BCUT2D eigenvalue weighted by Gasteiger charge is 2.47. The molecule has 0 amide bonds. The van der Waals surface area contributed by atoms with E-state index >= 15 is 0 Å². The molecule has 0 bridgehead atoms. The van der Waals surface area contributed by atoms with Gasteiger partial charge in [0.25, 0.3) is 5.52 Å². The van der Waals surface area contributed by atoms with Crippen LogP contribution in [-0.2, 0) is 13.9 Å². The van der Waals surface area contributed by atoms with Crippen LogP contribution >= 0.6 is 7.37 Å². The summed E-state index contributed by atoms with van der Waals surface area (Å²) in [6, 6.07) is 3.86. The second kappa shape index (κ2) is 10.6. The van der Waals surface area contributed by atoms with E-state index in [-0.39, 0.29) is 11.6 Å². The van der Waals surface area contributed by atoms with E-state index in [0.717, 1.165) is 55.2 Å². The number of aryl methyl sites for hydroxylation is 3. The normalized spacial score (nSPS) is 17.7. The highest BCUT2D eigenvalue weighted by atomic mass is 31.2. The smallest absolute Gasteiger partial charge is 0.321 e. The lowest BCUT2D eigenvalue weighted by Gasteiger charge is -2.25. The third-order valence-corrected chi connectivity index (χ3v) is 8.82. The van der Waals surface area contributed by atoms with Crippen LogP contribution in [0.15, 0.2) is 12.1 Å². The first kappa shape index (κ1) is 23.9. The average molecular weight is 421 g/mol. The predicted octanol–water partition coefficient (Wildman–Crippen LogP) is 7.12. The molecular formula is C24H37O4P. The minimum atomic E-state index is -3.79. The van der Waals surface area contributed by atoms with Gasteiger partial charge in [-0.25, -0.2) is 0 Å². The Balaban J connectivity index is 2.26. The number of carbonyl (C=O) groups excluding carboxylic acids is 2. The van der Waals surface area contributed by atoms with Gasteiger partial charge in [-0.2, -0.15) is 0 Å². The molecule has 1 aromatic rings. The fourth-order valence-corrected chi connectivity index (χ4v) is 7.14. The zero-order chi connectivity index (χ0) is 21.6. The van der Waals surface area contributed by atoms with Crippen LogP contribution < -0.4 is 0 Å². The number of rotatable bonds is 10. The van der Waals surface area contributed by atoms with Crippen molar-refractivity contribution >= 4 is 18.9 Å². The molecule has 0 heterocycles. The summed E-state index contributed by atoms with van der Waals surface area (Å²) in [6.07, 6.45) is 8.25. The van der Waals surface area contributed by atoms with Gasteiger partial charge in [-0.05, 0) is 51.2 Å². The number of benzene rings is 1. The first-order valence-electron chi connectivity index (χ1n) is 11.2. The standard InChI is InChI=1S/C24H37O4P/c1-6-7-8-9-12-18(3)23(25)28-29(27,21-13-10-11-14-21)24(26)22-19(4)15-17(2)16-20(22)5/h15-16,18,21H,6-14H2,1-5H3. The van der Waals surface area contributed by atoms with Crippen LogP contribution in [0.3, 0.4) is 0 Å². The number of hydrogen-bond donors (Lipinski definition) is 0. The molecule has 2 atom stereocenters. The Morgan fingerprint density at radius 2 is 1.66 bits per heavy atom. The molecule has 1 aliphatic carbocycles. The van der Waals surface area contributed by atoms with E-state index in [2.05, 4.69) is 6.92 Å². The van der Waals surface area contributed by atoms with E-state index in [0.29, 0.717) is 24.8 Å². The van der Waals surface area contributed by atoms with Crippen molar-refractivity contribution in [2.24, 2.45) is 5.92 Å². The summed E-state index contributed by atoms with van der Waals surface area (Å²) in [5.41, 5.74) is 2.32. The maximum absolute atomic E-state index is 14.0. The Hall–Kier alpha value is -1.41. The second-order valence-electron chi connectivity index (χ2n) is 8.77. The minimum Gasteiger partial charge on any atom is -0.405 e. The molecule has 2 rings (SSSR count). The molecule has 1 saturated carbocycles. The van der Waals surface area contributed by atoms with Gasteiger partial charge in [-0.15, -0.1) is 0 Å². The fourth-order valence-electron chi connectivity index (χ4n) is 4.42. The van der Waals surface area contributed by atoms with E-state index in [1.807, 2.05) is 39.8 Å². The molecule has 1 aromatic carbocycles. The van der Waals surface area contributed by atoms with Crippen LogP contribution in [0.4, 0.5) is 0 Å². The van der Waals surface area contributed by atoms with Crippen LogP contribution in [0.2, 0.25) is 0 Å². The van der Waals surface area contributed by atoms with Crippen LogP contribution in [0.25, 0.3) is 0 Å². The van der Waals surface area contributed by atoms with Crippen molar-refractivity contribution in [1.29, 1.82) is 0 Å². The summed E-state index contributed by atoms with van der Waals surface area (Å²) >= 11 is 0. The summed E-state index contributed by atoms with van der Waals surface area (Å²) in [4.78, 5) is 26.3. The monoisotopic (exact) mass is 420 g/mol. The van der Waals surface area contributed by atoms with Gasteiger partial charge in [0.05, 0.1) is 11.6 Å². The first-order chi connectivity index (χ1) is 13.7. The molecule has 1 fully saturated rings. The summed E-state index contributed by atoms with van der Waals surface area (Å²) in [6.45, 7) is 9.68. The van der Waals surface area contributed by atoms with Crippen molar-refractivity contribution in [1.82, 2.24) is 0 Å². The maximum atomic E-state index is 14.0. The summed E-state index contributed by atoms with van der Waals surface area (Å²) in [5, 5.41) is 0. The highest BCUT2D eigenvalue weighted by Crippen LogP contribution is 2.60. The Bertz CT molecular complexity index is 754. The lowest BCUT2D eigenvalue weighted by molar-refractivity contribution is -0.138. The molecule has 0 aliphatic heterocycles. The Morgan fingerprint density at radius 1 is 1.07 bits per heavy atom. The summed E-state index contributed by atoms with van der Waals surface area (Å²) in [7, 11) is -3.79. The lowest BCUT2D eigenvalue weighted by Crippen LogP contribution is -2.22. The average Bonchev–Trinajstić information content (AvgIpc) is 3.19. The van der Waals surface area contributed by atoms with E-state index in [1.54, 1.807) is 0 Å². The quantitative estimate of drug-likeness (QED) is 0.298. The zero-order valence-electron chi connectivity index (χ0n) is 18.8. The topological polar surface area (TPSA) is 60.4 Å². The van der Waals surface area contributed by atoms with Crippen molar-refractivity contribution < 1.29 is 18.7 Å². The third-order valence-electron chi connectivity index (χ3n) is 6.10. The Labute approximate surface area is 176 Å². The lowest BCUT2D eigenvalue weighted by atomic mass is 10.0. The van der Waals surface area contributed by atoms with E-state index in [4.69, 9.17) is 4.52 Å². The summed E-state index contributed by atoms with van der Waals surface area (Å²) < 4.78 is 19.7. The summed E-state index contributed by atoms with van der Waals surface area (Å²) in [5.74, 6) is -0.818. The molecule has 29 heavy (non-hydrogen) atoms. The van der Waals surface area contributed by atoms with Crippen LogP contribution in [0, 0.1) is 26.7 Å². The molecule has 2 unspecified atom stereocenters. The Morgan fingerprint density at radius 3 is 2.21 bits per heavy atom.